The molecule has 0 unspecified atom stereocenters. The zero-order chi connectivity index (χ0) is 14.3. The Balaban J connectivity index is 3.56. The number of rotatable bonds is 2. The van der Waals surface area contributed by atoms with Gasteiger partial charge in [0.1, 0.15) is 0 Å². The van der Waals surface area contributed by atoms with Crippen molar-refractivity contribution >= 4 is 29.2 Å². The highest BCUT2D eigenvalue weighted by molar-refractivity contribution is 6.37. The Hall–Kier alpha value is -1.18. The summed E-state index contributed by atoms with van der Waals surface area (Å²) in [5.41, 5.74) is -5.26. The lowest BCUT2D eigenvalue weighted by molar-refractivity contribution is -0.265. The second-order valence-electron chi connectivity index (χ2n) is 3.30. The van der Waals surface area contributed by atoms with Gasteiger partial charge in [0, 0.05) is 5.56 Å². The summed E-state index contributed by atoms with van der Waals surface area (Å²) in [6.45, 7) is 0. The van der Waals surface area contributed by atoms with Crippen LogP contribution in [0, 0.1) is 0 Å². The van der Waals surface area contributed by atoms with Crippen molar-refractivity contribution in [2.45, 2.75) is 11.8 Å². The van der Waals surface area contributed by atoms with Gasteiger partial charge in [0.2, 0.25) is 0 Å². The van der Waals surface area contributed by atoms with Gasteiger partial charge in [0.05, 0.1) is 10.0 Å². The van der Waals surface area contributed by atoms with Gasteiger partial charge in [-0.1, -0.05) is 23.2 Å². The van der Waals surface area contributed by atoms with Gasteiger partial charge in [-0.15, -0.1) is 0 Å². The molecule has 0 saturated carbocycles. The molecule has 9 heteroatoms. The SMILES string of the molecule is O=C(O)[C@](O)(c1cc(Cl)c(O)c(Cl)c1)C(F)(F)F. The minimum atomic E-state index is -5.48. The molecule has 0 radical (unpaired) electrons. The lowest BCUT2D eigenvalue weighted by atomic mass is 9.93. The molecule has 1 atom stereocenters. The molecule has 0 bridgehead atoms. The Morgan fingerprint density at radius 3 is 1.83 bits per heavy atom. The van der Waals surface area contributed by atoms with Gasteiger partial charge in [0.25, 0.3) is 5.60 Å². The first-order valence-corrected chi connectivity index (χ1v) is 4.98. The van der Waals surface area contributed by atoms with Crippen molar-refractivity contribution in [3.63, 3.8) is 0 Å². The quantitative estimate of drug-likeness (QED) is 0.784. The molecule has 0 fully saturated rings. The van der Waals surface area contributed by atoms with Crippen LogP contribution >= 0.6 is 23.2 Å². The minimum absolute atomic E-state index is 0.477. The molecule has 0 aliphatic heterocycles. The summed E-state index contributed by atoms with van der Waals surface area (Å²) >= 11 is 10.7. The number of hydrogen-bond donors (Lipinski definition) is 3. The maximum atomic E-state index is 12.6. The fourth-order valence-corrected chi connectivity index (χ4v) is 1.67. The fraction of sp³-hybridized carbons (Fsp3) is 0.222. The first-order chi connectivity index (χ1) is 8.01. The summed E-state index contributed by atoms with van der Waals surface area (Å²) in [6.07, 6.45) is -5.48. The van der Waals surface area contributed by atoms with E-state index in [0.29, 0.717) is 12.1 Å². The van der Waals surface area contributed by atoms with E-state index >= 15 is 0 Å². The number of aliphatic hydroxyl groups is 1. The summed E-state index contributed by atoms with van der Waals surface area (Å²) in [7, 11) is 0. The van der Waals surface area contributed by atoms with E-state index in [9.17, 15) is 23.1 Å². The maximum absolute atomic E-state index is 12.6. The van der Waals surface area contributed by atoms with Crippen molar-refractivity contribution in [3.05, 3.63) is 27.7 Å². The third kappa shape index (κ3) is 2.21. The van der Waals surface area contributed by atoms with E-state index < -0.39 is 39.1 Å². The fourth-order valence-electron chi connectivity index (χ4n) is 1.18. The summed E-state index contributed by atoms with van der Waals surface area (Å²) < 4.78 is 37.9. The number of carboxylic acid groups (broad SMARTS) is 1. The van der Waals surface area contributed by atoms with Gasteiger partial charge >= 0.3 is 12.1 Å². The highest BCUT2D eigenvalue weighted by atomic mass is 35.5. The summed E-state index contributed by atoms with van der Waals surface area (Å²) in [6, 6.07) is 0.953. The number of hydrogen-bond acceptors (Lipinski definition) is 3. The second-order valence-corrected chi connectivity index (χ2v) is 4.12. The van der Waals surface area contributed by atoms with Crippen molar-refractivity contribution in [2.75, 3.05) is 0 Å². The molecule has 4 nitrogen and oxygen atoms in total. The molecule has 0 spiro atoms. The molecule has 0 amide bonds. The average molecular weight is 305 g/mol. The number of aliphatic carboxylic acids is 1. The molecule has 18 heavy (non-hydrogen) atoms. The third-order valence-electron chi connectivity index (χ3n) is 2.15. The van der Waals surface area contributed by atoms with Crippen molar-refractivity contribution in [2.24, 2.45) is 0 Å². The zero-order valence-electron chi connectivity index (χ0n) is 8.29. The first kappa shape index (κ1) is 14.9. The lowest BCUT2D eigenvalue weighted by Gasteiger charge is -2.26. The number of benzene rings is 1. The van der Waals surface area contributed by atoms with Crippen LogP contribution in [0.15, 0.2) is 12.1 Å². The Morgan fingerprint density at radius 2 is 1.56 bits per heavy atom. The second kappa shape index (κ2) is 4.49. The summed E-state index contributed by atoms with van der Waals surface area (Å²) in [5.74, 6) is -3.25. The number of phenolic OH excluding ortho intramolecular Hbond substituents is 1. The monoisotopic (exact) mass is 304 g/mol. The Bertz CT molecular complexity index is 480. The van der Waals surface area contributed by atoms with Gasteiger partial charge in [0.15, 0.2) is 5.75 Å². The number of carboxylic acids is 1. The van der Waals surface area contributed by atoms with Gasteiger partial charge in [-0.2, -0.15) is 13.2 Å². The number of halogens is 5. The molecule has 0 aromatic heterocycles. The van der Waals surface area contributed by atoms with Crippen LogP contribution in [0.5, 0.6) is 5.75 Å². The summed E-state index contributed by atoms with van der Waals surface area (Å²) in [5, 5.41) is 25.8. The van der Waals surface area contributed by atoms with E-state index in [2.05, 4.69) is 0 Å². The van der Waals surface area contributed by atoms with E-state index in [1.165, 1.54) is 0 Å². The Kier molecular flexibility index (Phi) is 3.71. The molecule has 1 aromatic rings. The van der Waals surface area contributed by atoms with E-state index in [0.717, 1.165) is 0 Å². The number of carbonyl (C=O) groups is 1. The van der Waals surface area contributed by atoms with Crippen molar-refractivity contribution in [1.82, 2.24) is 0 Å². The van der Waals surface area contributed by atoms with Crippen molar-refractivity contribution in [3.8, 4) is 5.75 Å². The van der Waals surface area contributed by atoms with Crippen LogP contribution in [0.4, 0.5) is 13.2 Å². The smallest absolute Gasteiger partial charge is 0.432 e. The molecular formula is C9H5Cl2F3O4. The topological polar surface area (TPSA) is 77.8 Å². The normalized spacial score (nSPS) is 15.2. The standard InChI is InChI=1S/C9H5Cl2F3O4/c10-4-1-3(2-5(11)6(4)15)8(18,7(16)17)9(12,13)14/h1-2,15,18H,(H,16,17)/t8-/m1/s1. The molecule has 100 valence electrons. The zero-order valence-corrected chi connectivity index (χ0v) is 9.81. The first-order valence-electron chi connectivity index (χ1n) is 4.22. The molecule has 1 aromatic carbocycles. The Labute approximate surface area is 108 Å². The number of phenols is 1. The molecule has 3 N–H and O–H groups in total. The lowest BCUT2D eigenvalue weighted by Crippen LogP contribution is -2.49. The van der Waals surface area contributed by atoms with E-state index in [1.807, 2.05) is 0 Å². The highest BCUT2D eigenvalue weighted by Crippen LogP contribution is 2.43. The van der Waals surface area contributed by atoms with Crippen LogP contribution in [0.1, 0.15) is 5.56 Å². The molecule has 0 aliphatic rings. The van der Waals surface area contributed by atoms with Crippen molar-refractivity contribution in [1.29, 1.82) is 0 Å². The number of aromatic hydroxyl groups is 1. The maximum Gasteiger partial charge on any atom is 0.432 e. The summed E-state index contributed by atoms with van der Waals surface area (Å²) in [4.78, 5) is 10.7. The van der Waals surface area contributed by atoms with Crippen LogP contribution in [-0.2, 0) is 10.4 Å². The molecule has 0 heterocycles. The van der Waals surface area contributed by atoms with E-state index in [-0.39, 0.29) is 0 Å². The largest absolute Gasteiger partial charge is 0.505 e. The van der Waals surface area contributed by atoms with Crippen LogP contribution in [0.3, 0.4) is 0 Å². The molecular weight excluding hydrogens is 300 g/mol. The molecule has 0 saturated heterocycles. The van der Waals surface area contributed by atoms with Crippen LogP contribution in [0.25, 0.3) is 0 Å². The Morgan fingerprint density at radius 1 is 1.17 bits per heavy atom. The highest BCUT2D eigenvalue weighted by Gasteiger charge is 2.61. The average Bonchev–Trinajstić information content (AvgIpc) is 2.21. The van der Waals surface area contributed by atoms with E-state index in [1.54, 1.807) is 0 Å². The van der Waals surface area contributed by atoms with Crippen LogP contribution in [-0.4, -0.2) is 27.5 Å². The molecule has 1 rings (SSSR count). The molecule has 0 aliphatic carbocycles. The van der Waals surface area contributed by atoms with Crippen molar-refractivity contribution < 1.29 is 33.3 Å². The number of alkyl halides is 3. The predicted octanol–water partition coefficient (Wildman–Crippen LogP) is 2.53. The van der Waals surface area contributed by atoms with Gasteiger partial charge in [-0.05, 0) is 12.1 Å². The third-order valence-corrected chi connectivity index (χ3v) is 2.73. The predicted molar refractivity (Wildman–Crippen MR) is 55.7 cm³/mol. The van der Waals surface area contributed by atoms with E-state index in [4.69, 9.17) is 33.4 Å². The van der Waals surface area contributed by atoms with Gasteiger partial charge < -0.3 is 15.3 Å². The minimum Gasteiger partial charge on any atom is -0.505 e. The van der Waals surface area contributed by atoms with Gasteiger partial charge in [-0.3, -0.25) is 0 Å². The van der Waals surface area contributed by atoms with Gasteiger partial charge in [-0.25, -0.2) is 4.79 Å². The van der Waals surface area contributed by atoms with Crippen LogP contribution in [0.2, 0.25) is 10.0 Å². The van der Waals surface area contributed by atoms with Crippen LogP contribution < -0.4 is 0 Å².